The molecule has 0 aliphatic carbocycles. The number of nitrogens with zero attached hydrogens (tertiary/aromatic N) is 5. The Morgan fingerprint density at radius 2 is 2.67 bits per heavy atom. The van der Waals surface area contributed by atoms with E-state index in [0.29, 0.717) is 6.42 Å². The number of carbonyl (C=O) groups excluding carboxylic acids is 1. The first-order valence-electron chi connectivity index (χ1n) is 3.41. The Balaban J connectivity index is 3.06. The summed E-state index contributed by atoms with van der Waals surface area (Å²) in [6.07, 6.45) is 3.23. The molecule has 0 aromatic carbocycles. The van der Waals surface area contributed by atoms with Crippen molar-refractivity contribution in [2.45, 2.75) is 13.3 Å². The maximum Gasteiger partial charge on any atom is 0.231 e. The first-order chi connectivity index (χ1) is 5.79. The molecule has 0 fully saturated rings. The Bertz CT molecular complexity index is 335. The quantitative estimate of drug-likeness (QED) is 0.380. The minimum atomic E-state index is -0.144. The molecule has 6 heteroatoms. The highest BCUT2D eigenvalue weighted by molar-refractivity contribution is 5.80. The van der Waals surface area contributed by atoms with Crippen LogP contribution in [0, 0.1) is 0 Å². The van der Waals surface area contributed by atoms with E-state index in [0.717, 1.165) is 0 Å². The fourth-order valence-electron chi connectivity index (χ4n) is 0.775. The van der Waals surface area contributed by atoms with Gasteiger partial charge in [0.15, 0.2) is 0 Å². The third kappa shape index (κ3) is 1.43. The number of hydrogen-bond acceptors (Lipinski definition) is 3. The Labute approximate surface area is 68.5 Å². The van der Waals surface area contributed by atoms with Crippen LogP contribution in [0.3, 0.4) is 0 Å². The highest BCUT2D eigenvalue weighted by Gasteiger charge is 2.05. The average Bonchev–Trinajstić information content (AvgIpc) is 2.52. The first-order valence-corrected chi connectivity index (χ1v) is 3.41. The zero-order chi connectivity index (χ0) is 8.97. The van der Waals surface area contributed by atoms with E-state index in [1.54, 1.807) is 6.92 Å². The summed E-state index contributed by atoms with van der Waals surface area (Å²) in [6, 6.07) is 0. The van der Waals surface area contributed by atoms with Gasteiger partial charge >= 0.3 is 0 Å². The molecule has 62 valence electrons. The molecule has 0 aliphatic heterocycles. The summed E-state index contributed by atoms with van der Waals surface area (Å²) in [7, 11) is 0. The number of hydrogen-bond donors (Lipinski definition) is 0. The smallest absolute Gasteiger partial charge is 0.231 e. The van der Waals surface area contributed by atoms with Crippen LogP contribution in [0.15, 0.2) is 17.5 Å². The molecule has 0 bridgehead atoms. The number of aromatic nitrogens is 2. The van der Waals surface area contributed by atoms with Crippen LogP contribution in [0.1, 0.15) is 18.1 Å². The molecule has 6 nitrogen and oxygen atoms in total. The van der Waals surface area contributed by atoms with Gasteiger partial charge in [0, 0.05) is 23.7 Å². The van der Waals surface area contributed by atoms with Crippen molar-refractivity contribution in [3.8, 4) is 0 Å². The maximum atomic E-state index is 11.1. The second-order valence-electron chi connectivity index (χ2n) is 2.03. The van der Waals surface area contributed by atoms with Gasteiger partial charge in [-0.3, -0.25) is 9.36 Å². The van der Waals surface area contributed by atoms with Crippen molar-refractivity contribution in [1.82, 2.24) is 9.55 Å². The Kier molecular flexibility index (Phi) is 2.45. The molecule has 1 rings (SSSR count). The molecule has 0 saturated carbocycles. The van der Waals surface area contributed by atoms with Gasteiger partial charge in [0.2, 0.25) is 11.9 Å². The number of azide groups is 1. The molecular weight excluding hydrogens is 158 g/mol. The molecule has 1 aromatic heterocycles. The van der Waals surface area contributed by atoms with Crippen LogP contribution in [-0.2, 0) is 0 Å². The van der Waals surface area contributed by atoms with E-state index < -0.39 is 0 Å². The molecule has 12 heavy (non-hydrogen) atoms. The van der Waals surface area contributed by atoms with E-state index in [9.17, 15) is 4.79 Å². The van der Waals surface area contributed by atoms with Gasteiger partial charge in [-0.1, -0.05) is 6.92 Å². The van der Waals surface area contributed by atoms with Crippen molar-refractivity contribution in [2.24, 2.45) is 5.11 Å². The summed E-state index contributed by atoms with van der Waals surface area (Å²) in [5.74, 6) is -0.0562. The van der Waals surface area contributed by atoms with Crippen molar-refractivity contribution < 1.29 is 4.79 Å². The first kappa shape index (κ1) is 8.29. The van der Waals surface area contributed by atoms with E-state index in [2.05, 4.69) is 15.0 Å². The predicted molar refractivity (Wildman–Crippen MR) is 42.0 cm³/mol. The fraction of sp³-hybridized carbons (Fsp3) is 0.333. The van der Waals surface area contributed by atoms with Gasteiger partial charge in [-0.25, -0.2) is 4.98 Å². The molecule has 0 spiro atoms. The number of rotatable bonds is 2. The van der Waals surface area contributed by atoms with Crippen molar-refractivity contribution in [3.63, 3.8) is 0 Å². The van der Waals surface area contributed by atoms with Crippen LogP contribution >= 0.6 is 0 Å². The molecule has 0 N–H and O–H groups in total. The van der Waals surface area contributed by atoms with Crippen LogP contribution in [0.4, 0.5) is 5.95 Å². The van der Waals surface area contributed by atoms with Crippen LogP contribution in [-0.4, -0.2) is 15.5 Å². The summed E-state index contributed by atoms with van der Waals surface area (Å²) in [5, 5.41) is 3.25. The second-order valence-corrected chi connectivity index (χ2v) is 2.03. The minimum Gasteiger partial charge on any atom is -0.274 e. The van der Waals surface area contributed by atoms with Crippen molar-refractivity contribution in [2.75, 3.05) is 0 Å². The molecule has 1 heterocycles. The molecule has 0 radical (unpaired) electrons. The third-order valence-electron chi connectivity index (χ3n) is 1.33. The summed E-state index contributed by atoms with van der Waals surface area (Å²) in [4.78, 5) is 17.4. The van der Waals surface area contributed by atoms with Gasteiger partial charge in [-0.2, -0.15) is 0 Å². The lowest BCUT2D eigenvalue weighted by Gasteiger charge is -1.97. The van der Waals surface area contributed by atoms with Gasteiger partial charge in [-0.15, -0.1) is 0 Å². The molecule has 0 amide bonds. The van der Waals surface area contributed by atoms with Crippen LogP contribution in [0.2, 0.25) is 0 Å². The average molecular weight is 165 g/mol. The normalized spacial score (nSPS) is 9.08. The SMILES string of the molecule is CCC(=O)n1ccnc1N=[N+]=[N-]. The Hall–Kier alpha value is -1.81. The molecule has 0 saturated heterocycles. The minimum absolute atomic E-state index is 0.0874. The van der Waals surface area contributed by atoms with Gasteiger partial charge in [0.05, 0.1) is 0 Å². The monoisotopic (exact) mass is 165 g/mol. The zero-order valence-electron chi connectivity index (χ0n) is 6.51. The number of imidazole rings is 1. The lowest BCUT2D eigenvalue weighted by molar-refractivity contribution is 0.0911. The lowest BCUT2D eigenvalue weighted by Crippen LogP contribution is -2.06. The summed E-state index contributed by atoms with van der Waals surface area (Å²) < 4.78 is 1.22. The largest absolute Gasteiger partial charge is 0.274 e. The Morgan fingerprint density at radius 1 is 1.92 bits per heavy atom. The molecule has 0 unspecified atom stereocenters. The topological polar surface area (TPSA) is 83.7 Å². The van der Waals surface area contributed by atoms with Crippen LogP contribution in [0.5, 0.6) is 0 Å². The van der Waals surface area contributed by atoms with E-state index >= 15 is 0 Å². The maximum absolute atomic E-state index is 11.1. The fourth-order valence-corrected chi connectivity index (χ4v) is 0.775. The third-order valence-corrected chi connectivity index (χ3v) is 1.33. The highest BCUT2D eigenvalue weighted by atomic mass is 16.2. The standard InChI is InChI=1S/C6H7N5O/c1-2-5(12)11-4-3-8-6(11)9-10-7/h3-4H,2H2,1H3. The lowest BCUT2D eigenvalue weighted by atomic mass is 10.4. The van der Waals surface area contributed by atoms with Gasteiger partial charge < -0.3 is 0 Å². The molecule has 0 aliphatic rings. The molecular formula is C6H7N5O. The van der Waals surface area contributed by atoms with E-state index in [4.69, 9.17) is 5.53 Å². The highest BCUT2D eigenvalue weighted by Crippen LogP contribution is 2.08. The van der Waals surface area contributed by atoms with Crippen molar-refractivity contribution in [1.29, 1.82) is 0 Å². The van der Waals surface area contributed by atoms with E-state index in [-0.39, 0.29) is 11.9 Å². The van der Waals surface area contributed by atoms with Crippen LogP contribution < -0.4 is 0 Å². The predicted octanol–water partition coefficient (Wildman–Crippen LogP) is 1.88. The van der Waals surface area contributed by atoms with Crippen LogP contribution in [0.25, 0.3) is 10.4 Å². The second kappa shape index (κ2) is 3.54. The van der Waals surface area contributed by atoms with E-state index in [1.807, 2.05) is 0 Å². The summed E-state index contributed by atoms with van der Waals surface area (Å²) in [5.41, 5.74) is 8.11. The molecule has 1 aromatic rings. The van der Waals surface area contributed by atoms with Crippen molar-refractivity contribution >= 4 is 11.9 Å². The Morgan fingerprint density at radius 3 is 3.25 bits per heavy atom. The van der Waals surface area contributed by atoms with Gasteiger partial charge in [0.1, 0.15) is 0 Å². The zero-order valence-corrected chi connectivity index (χ0v) is 6.51. The van der Waals surface area contributed by atoms with E-state index in [1.165, 1.54) is 17.0 Å². The van der Waals surface area contributed by atoms with Gasteiger partial charge in [-0.05, 0) is 10.6 Å². The van der Waals surface area contributed by atoms with Gasteiger partial charge in [0.25, 0.3) is 0 Å². The number of carbonyl (C=O) groups is 1. The molecule has 0 atom stereocenters. The summed E-state index contributed by atoms with van der Waals surface area (Å²) >= 11 is 0. The van der Waals surface area contributed by atoms with Crippen molar-refractivity contribution in [3.05, 3.63) is 22.8 Å². The summed E-state index contributed by atoms with van der Waals surface area (Å²) in [6.45, 7) is 1.72.